The minimum absolute atomic E-state index is 0.104. The van der Waals surface area contributed by atoms with Crippen molar-refractivity contribution in [2.75, 3.05) is 57.8 Å². The molecular weight excluding hydrogens is 289 g/mol. The summed E-state index contributed by atoms with van der Waals surface area (Å²) in [6.45, 7) is 1.53. The zero-order valence-electron chi connectivity index (χ0n) is 12.2. The first-order chi connectivity index (χ1) is 9.92. The Kier molecular flexibility index (Phi) is 6.63. The maximum absolute atomic E-state index is 12.8. The molecule has 21 heavy (non-hydrogen) atoms. The maximum Gasteiger partial charge on any atom is 0.451 e. The van der Waals surface area contributed by atoms with E-state index in [1.54, 1.807) is 4.90 Å². The first-order valence-electron chi connectivity index (χ1n) is 6.29. The topological polar surface area (TPSA) is 59.5 Å². The summed E-state index contributed by atoms with van der Waals surface area (Å²) in [7, 11) is 4.55. The van der Waals surface area contributed by atoms with E-state index in [1.165, 1.54) is 27.3 Å². The second kappa shape index (κ2) is 7.99. The molecule has 0 radical (unpaired) electrons. The molecule has 1 N–H and O–H groups in total. The van der Waals surface area contributed by atoms with Gasteiger partial charge in [0.05, 0.1) is 13.2 Å². The van der Waals surface area contributed by atoms with Crippen molar-refractivity contribution in [2.45, 2.75) is 6.18 Å². The number of nitrogens with zero attached hydrogens (tertiary/aromatic N) is 3. The Bertz CT molecular complexity index is 435. The third kappa shape index (κ3) is 5.35. The molecule has 0 amide bonds. The first-order valence-corrected chi connectivity index (χ1v) is 6.29. The summed E-state index contributed by atoms with van der Waals surface area (Å²) >= 11 is 0. The number of nitrogens with one attached hydrogen (secondary N) is 1. The smallest absolute Gasteiger partial charge is 0.383 e. The molecule has 0 saturated heterocycles. The van der Waals surface area contributed by atoms with Crippen molar-refractivity contribution < 1.29 is 22.6 Å². The second-order valence-electron chi connectivity index (χ2n) is 4.16. The van der Waals surface area contributed by atoms with Crippen LogP contribution in [-0.2, 0) is 15.7 Å². The van der Waals surface area contributed by atoms with Gasteiger partial charge >= 0.3 is 6.18 Å². The Hall–Kier alpha value is -1.61. The molecule has 0 aliphatic heterocycles. The maximum atomic E-state index is 12.8. The van der Waals surface area contributed by atoms with Gasteiger partial charge in [0.25, 0.3) is 0 Å². The number of ether oxygens (including phenoxy) is 2. The van der Waals surface area contributed by atoms with Crippen molar-refractivity contribution in [3.8, 4) is 0 Å². The van der Waals surface area contributed by atoms with Crippen molar-refractivity contribution in [3.05, 3.63) is 11.9 Å². The van der Waals surface area contributed by atoms with E-state index >= 15 is 0 Å². The van der Waals surface area contributed by atoms with Gasteiger partial charge < -0.3 is 19.7 Å². The standard InChI is InChI=1S/C12H19F3N4O2/c1-16-9-8-10(18-11(17-9)12(13,14)15)19(4-6-20-2)5-7-21-3/h8H,4-7H2,1-3H3,(H,16,17,18). The molecular formula is C12H19F3N4O2. The van der Waals surface area contributed by atoms with E-state index < -0.39 is 12.0 Å². The molecule has 0 bridgehead atoms. The molecule has 1 aromatic rings. The molecule has 1 aromatic heterocycles. The molecule has 1 rings (SSSR count). The van der Waals surface area contributed by atoms with Crippen LogP contribution >= 0.6 is 0 Å². The van der Waals surface area contributed by atoms with Gasteiger partial charge in [0.2, 0.25) is 5.82 Å². The van der Waals surface area contributed by atoms with Crippen LogP contribution in [0.5, 0.6) is 0 Å². The van der Waals surface area contributed by atoms with Crippen LogP contribution in [0.3, 0.4) is 0 Å². The minimum atomic E-state index is -4.60. The number of halogens is 3. The fourth-order valence-electron chi connectivity index (χ4n) is 1.60. The fourth-order valence-corrected chi connectivity index (χ4v) is 1.60. The molecule has 6 nitrogen and oxygen atoms in total. The Labute approximate surface area is 121 Å². The van der Waals surface area contributed by atoms with Crippen molar-refractivity contribution in [3.63, 3.8) is 0 Å². The number of rotatable bonds is 8. The number of hydrogen-bond acceptors (Lipinski definition) is 6. The normalized spacial score (nSPS) is 11.5. The van der Waals surface area contributed by atoms with Crippen molar-refractivity contribution in [2.24, 2.45) is 0 Å². The van der Waals surface area contributed by atoms with Gasteiger partial charge in [-0.2, -0.15) is 13.2 Å². The number of aromatic nitrogens is 2. The Morgan fingerprint density at radius 1 is 1.14 bits per heavy atom. The van der Waals surface area contributed by atoms with E-state index in [-0.39, 0.29) is 11.6 Å². The molecule has 0 aliphatic carbocycles. The third-order valence-corrected chi connectivity index (χ3v) is 2.68. The van der Waals surface area contributed by atoms with Gasteiger partial charge in [0.15, 0.2) is 0 Å². The molecule has 0 aliphatic rings. The van der Waals surface area contributed by atoms with Crippen LogP contribution < -0.4 is 10.2 Å². The molecule has 0 unspecified atom stereocenters. The highest BCUT2D eigenvalue weighted by Crippen LogP contribution is 2.29. The SMILES string of the molecule is CNc1cc(N(CCOC)CCOC)nc(C(F)(F)F)n1. The fraction of sp³-hybridized carbons (Fsp3) is 0.667. The predicted molar refractivity (Wildman–Crippen MR) is 72.5 cm³/mol. The van der Waals surface area contributed by atoms with Crippen molar-refractivity contribution in [1.29, 1.82) is 0 Å². The van der Waals surface area contributed by atoms with E-state index in [0.29, 0.717) is 26.3 Å². The summed E-state index contributed by atoms with van der Waals surface area (Å²) < 4.78 is 48.4. The zero-order chi connectivity index (χ0) is 15.9. The van der Waals surface area contributed by atoms with Crippen molar-refractivity contribution >= 4 is 11.6 Å². The molecule has 0 spiro atoms. The lowest BCUT2D eigenvalue weighted by atomic mass is 10.4. The predicted octanol–water partition coefficient (Wildman–Crippen LogP) is 1.64. The molecule has 0 atom stereocenters. The lowest BCUT2D eigenvalue weighted by molar-refractivity contribution is -0.144. The van der Waals surface area contributed by atoms with Crippen LogP contribution in [0.15, 0.2) is 6.07 Å². The van der Waals surface area contributed by atoms with Gasteiger partial charge in [-0.3, -0.25) is 0 Å². The molecule has 0 aromatic carbocycles. The molecule has 9 heteroatoms. The summed E-state index contributed by atoms with van der Waals surface area (Å²) in [6, 6.07) is 1.46. The van der Waals surface area contributed by atoms with E-state index in [0.717, 1.165) is 0 Å². The van der Waals surface area contributed by atoms with Crippen LogP contribution in [0.2, 0.25) is 0 Å². The lowest BCUT2D eigenvalue weighted by Gasteiger charge is -2.24. The largest absolute Gasteiger partial charge is 0.451 e. The number of methoxy groups -OCH3 is 2. The molecule has 0 fully saturated rings. The van der Waals surface area contributed by atoms with Crippen LogP contribution in [-0.4, -0.2) is 57.5 Å². The van der Waals surface area contributed by atoms with E-state index in [4.69, 9.17) is 9.47 Å². The van der Waals surface area contributed by atoms with Crippen molar-refractivity contribution in [1.82, 2.24) is 9.97 Å². The minimum Gasteiger partial charge on any atom is -0.383 e. The van der Waals surface area contributed by atoms with Crippen LogP contribution in [0, 0.1) is 0 Å². The summed E-state index contributed by atoms with van der Waals surface area (Å²) in [5.74, 6) is -0.896. The zero-order valence-corrected chi connectivity index (χ0v) is 12.2. The summed E-state index contributed by atoms with van der Waals surface area (Å²) in [5.41, 5.74) is 0. The van der Waals surface area contributed by atoms with E-state index in [2.05, 4.69) is 15.3 Å². The number of hydrogen-bond donors (Lipinski definition) is 1. The first kappa shape index (κ1) is 17.4. The average molecular weight is 308 g/mol. The van der Waals surface area contributed by atoms with Crippen LogP contribution in [0.1, 0.15) is 5.82 Å². The molecule has 120 valence electrons. The molecule has 0 saturated carbocycles. The quantitative estimate of drug-likeness (QED) is 0.788. The van der Waals surface area contributed by atoms with Crippen LogP contribution in [0.25, 0.3) is 0 Å². The van der Waals surface area contributed by atoms with Gasteiger partial charge in [-0.05, 0) is 0 Å². The van der Waals surface area contributed by atoms with Gasteiger partial charge in [-0.1, -0.05) is 0 Å². The van der Waals surface area contributed by atoms with Gasteiger partial charge in [-0.15, -0.1) is 0 Å². The highest BCUT2D eigenvalue weighted by molar-refractivity contribution is 5.49. The Morgan fingerprint density at radius 2 is 1.71 bits per heavy atom. The summed E-state index contributed by atoms with van der Waals surface area (Å²) in [4.78, 5) is 8.68. The van der Waals surface area contributed by atoms with E-state index in [1.807, 2.05) is 0 Å². The Morgan fingerprint density at radius 3 is 2.14 bits per heavy atom. The summed E-state index contributed by atoms with van der Waals surface area (Å²) in [6.07, 6.45) is -4.60. The lowest BCUT2D eigenvalue weighted by Crippen LogP contribution is -2.32. The highest BCUT2D eigenvalue weighted by atomic mass is 19.4. The van der Waals surface area contributed by atoms with Gasteiger partial charge in [0, 0.05) is 40.4 Å². The monoisotopic (exact) mass is 308 g/mol. The number of alkyl halides is 3. The molecule has 1 heterocycles. The second-order valence-corrected chi connectivity index (χ2v) is 4.16. The van der Waals surface area contributed by atoms with Crippen LogP contribution in [0.4, 0.5) is 24.8 Å². The van der Waals surface area contributed by atoms with Gasteiger partial charge in [0.1, 0.15) is 11.6 Å². The third-order valence-electron chi connectivity index (χ3n) is 2.68. The van der Waals surface area contributed by atoms with E-state index in [9.17, 15) is 13.2 Å². The highest BCUT2D eigenvalue weighted by Gasteiger charge is 2.35. The average Bonchev–Trinajstić information content (AvgIpc) is 2.46. The summed E-state index contributed by atoms with van der Waals surface area (Å²) in [5, 5.41) is 2.61. The number of anilines is 2. The Balaban J connectivity index is 3.09. The van der Waals surface area contributed by atoms with Gasteiger partial charge in [-0.25, -0.2) is 9.97 Å².